The summed E-state index contributed by atoms with van der Waals surface area (Å²) in [5, 5.41) is -0.917. The van der Waals surface area contributed by atoms with Gasteiger partial charge in [0.15, 0.2) is 0 Å². The van der Waals surface area contributed by atoms with Gasteiger partial charge >= 0.3 is 5.37 Å². The third-order valence-corrected chi connectivity index (χ3v) is 0.426. The zero-order valence-corrected chi connectivity index (χ0v) is 5.26. The van der Waals surface area contributed by atoms with Gasteiger partial charge in [0, 0.05) is 0 Å². The molecule has 0 aliphatic heterocycles. The van der Waals surface area contributed by atoms with Gasteiger partial charge in [-0.1, -0.05) is 0 Å². The fourth-order valence-electron chi connectivity index (χ4n) is 0.0664. The minimum atomic E-state index is -0.917. The minimum Gasteiger partial charge on any atom is -0.253 e. The molecule has 0 N–H and O–H groups in total. The topological polar surface area (TPSA) is 29.4 Å². The summed E-state index contributed by atoms with van der Waals surface area (Å²) in [6.45, 7) is 0. The van der Waals surface area contributed by atoms with E-state index in [2.05, 4.69) is 16.6 Å². The Bertz CT molecular complexity index is 106. The van der Waals surface area contributed by atoms with Crippen molar-refractivity contribution in [3.05, 3.63) is 0 Å². The highest BCUT2D eigenvalue weighted by Crippen LogP contribution is 1.94. The van der Waals surface area contributed by atoms with E-state index in [4.69, 9.17) is 23.2 Å². The van der Waals surface area contributed by atoms with Crippen LogP contribution in [-0.4, -0.2) is 10.00 Å². The number of nitrogens with zero attached hydrogens (tertiary/aromatic N) is 1. The highest BCUT2D eigenvalue weighted by atomic mass is 35.5. The van der Waals surface area contributed by atoms with Crippen molar-refractivity contribution >= 4 is 44.8 Å². The van der Waals surface area contributed by atoms with E-state index in [1.807, 2.05) is 0 Å². The molecule has 1 amide bonds. The highest BCUT2D eigenvalue weighted by Gasteiger charge is 1.89. The molecule has 0 aromatic heterocycles. The molecule has 0 bridgehead atoms. The lowest BCUT2D eigenvalue weighted by Crippen LogP contribution is -1.76. The lowest BCUT2D eigenvalue weighted by molar-refractivity contribution is 0.266. The van der Waals surface area contributed by atoms with Crippen LogP contribution in [0.4, 0.5) is 4.79 Å². The van der Waals surface area contributed by atoms with Crippen LogP contribution in [0.2, 0.25) is 0 Å². The van der Waals surface area contributed by atoms with E-state index in [9.17, 15) is 4.79 Å². The first-order chi connectivity index (χ1) is 3.13. The molecule has 0 aliphatic carbocycles. The van der Waals surface area contributed by atoms with E-state index in [1.54, 1.807) is 0 Å². The molecule has 2 nitrogen and oxygen atoms in total. The first-order valence-corrected chi connectivity index (χ1v) is 2.35. The fraction of sp³-hybridized carbons (Fsp3) is 0. The Hall–Kier alpha value is 0.210. The van der Waals surface area contributed by atoms with Crippen molar-refractivity contribution in [2.45, 2.75) is 0 Å². The van der Waals surface area contributed by atoms with Gasteiger partial charge in [-0.15, -0.1) is 0 Å². The SMILES string of the molecule is O=C(Cl)N=C(Cl)Cl. The molecule has 0 spiro atoms. The van der Waals surface area contributed by atoms with Gasteiger partial charge in [0.2, 0.25) is 4.63 Å². The van der Waals surface area contributed by atoms with Gasteiger partial charge in [0.25, 0.3) is 0 Å². The number of rotatable bonds is 0. The Morgan fingerprint density at radius 3 is 1.71 bits per heavy atom. The van der Waals surface area contributed by atoms with Crippen molar-refractivity contribution in [1.29, 1.82) is 0 Å². The average Bonchev–Trinajstić information content (AvgIpc) is 1.27. The Morgan fingerprint density at radius 1 is 1.29 bits per heavy atom. The fourth-order valence-corrected chi connectivity index (χ4v) is 0.391. The Labute approximate surface area is 55.1 Å². The predicted molar refractivity (Wildman–Crippen MR) is 30.4 cm³/mol. The maximum atomic E-state index is 9.66. The monoisotopic (exact) mass is 159 g/mol. The van der Waals surface area contributed by atoms with Crippen molar-refractivity contribution in [3.8, 4) is 0 Å². The summed E-state index contributed by atoms with van der Waals surface area (Å²) in [5.74, 6) is 0. The van der Waals surface area contributed by atoms with Crippen molar-refractivity contribution in [3.63, 3.8) is 0 Å². The molecule has 0 saturated carbocycles. The van der Waals surface area contributed by atoms with Gasteiger partial charge in [0.1, 0.15) is 0 Å². The van der Waals surface area contributed by atoms with Crippen LogP contribution in [-0.2, 0) is 0 Å². The second-order valence-corrected chi connectivity index (χ2v) is 1.84. The van der Waals surface area contributed by atoms with Gasteiger partial charge < -0.3 is 0 Å². The smallest absolute Gasteiger partial charge is 0.253 e. The van der Waals surface area contributed by atoms with Crippen molar-refractivity contribution in [2.75, 3.05) is 0 Å². The molecule has 0 unspecified atom stereocenters. The number of carbonyl (C=O) groups is 1. The first-order valence-electron chi connectivity index (χ1n) is 1.22. The summed E-state index contributed by atoms with van der Waals surface area (Å²) in [6.07, 6.45) is 0. The molecule has 0 radical (unpaired) electrons. The molecule has 0 fully saturated rings. The van der Waals surface area contributed by atoms with Crippen molar-refractivity contribution < 1.29 is 4.79 Å². The molecule has 0 aromatic rings. The largest absolute Gasteiger partial charge is 0.341 e. The van der Waals surface area contributed by atoms with Crippen LogP contribution < -0.4 is 0 Å². The van der Waals surface area contributed by atoms with E-state index >= 15 is 0 Å². The number of hydrogen-bond donors (Lipinski definition) is 0. The first kappa shape index (κ1) is 7.21. The third kappa shape index (κ3) is 6.21. The van der Waals surface area contributed by atoms with Crippen LogP contribution in [0.5, 0.6) is 0 Å². The molecular weight excluding hydrogens is 160 g/mol. The van der Waals surface area contributed by atoms with Crippen LogP contribution >= 0.6 is 34.8 Å². The van der Waals surface area contributed by atoms with Crippen LogP contribution in [0.1, 0.15) is 0 Å². The van der Waals surface area contributed by atoms with Gasteiger partial charge in [0.05, 0.1) is 0 Å². The molecular formula is C2Cl3NO. The summed E-state index contributed by atoms with van der Waals surface area (Å²) < 4.78 is -0.375. The molecule has 0 saturated heterocycles. The van der Waals surface area contributed by atoms with Crippen molar-refractivity contribution in [1.82, 2.24) is 0 Å². The summed E-state index contributed by atoms with van der Waals surface area (Å²) in [7, 11) is 0. The van der Waals surface area contributed by atoms with Crippen LogP contribution in [0.25, 0.3) is 0 Å². The number of carbonyl (C=O) groups excluding carboxylic acids is 1. The van der Waals surface area contributed by atoms with E-state index in [0.717, 1.165) is 0 Å². The quantitative estimate of drug-likeness (QED) is 0.303. The second kappa shape index (κ2) is 3.24. The molecule has 0 aliphatic rings. The van der Waals surface area contributed by atoms with Crippen LogP contribution in [0, 0.1) is 0 Å². The standard InChI is InChI=1S/C2Cl3NO/c3-1(4)6-2(5)7. The second-order valence-electron chi connectivity index (χ2n) is 0.605. The lowest BCUT2D eigenvalue weighted by Gasteiger charge is -1.73. The van der Waals surface area contributed by atoms with Gasteiger partial charge in [-0.3, -0.25) is 4.79 Å². The van der Waals surface area contributed by atoms with E-state index < -0.39 is 5.37 Å². The third-order valence-electron chi connectivity index (χ3n) is 0.172. The number of amides is 1. The average molecular weight is 160 g/mol. The zero-order chi connectivity index (χ0) is 5.86. The molecule has 0 heterocycles. The van der Waals surface area contributed by atoms with E-state index in [0.29, 0.717) is 0 Å². The molecule has 0 rings (SSSR count). The molecule has 40 valence electrons. The normalized spacial score (nSPS) is 7.86. The Balaban J connectivity index is 3.68. The van der Waals surface area contributed by atoms with E-state index in [1.165, 1.54) is 0 Å². The number of hydrogen-bond acceptors (Lipinski definition) is 1. The maximum absolute atomic E-state index is 9.66. The summed E-state index contributed by atoms with van der Waals surface area (Å²) in [5.41, 5.74) is 0. The van der Waals surface area contributed by atoms with Crippen LogP contribution in [0.15, 0.2) is 4.99 Å². The predicted octanol–water partition coefficient (Wildman–Crippen LogP) is 2.18. The van der Waals surface area contributed by atoms with Gasteiger partial charge in [-0.2, -0.15) is 4.99 Å². The van der Waals surface area contributed by atoms with Crippen LogP contribution in [0.3, 0.4) is 0 Å². The van der Waals surface area contributed by atoms with E-state index in [-0.39, 0.29) is 4.63 Å². The number of aliphatic imine (C=N–C) groups is 1. The minimum absolute atomic E-state index is 0.375. The Kier molecular flexibility index (Phi) is 3.34. The summed E-state index contributed by atoms with van der Waals surface area (Å²) >= 11 is 14.4. The lowest BCUT2D eigenvalue weighted by atomic mass is 11.3. The molecule has 5 heteroatoms. The number of halogens is 3. The zero-order valence-electron chi connectivity index (χ0n) is 2.99. The van der Waals surface area contributed by atoms with Crippen molar-refractivity contribution in [2.24, 2.45) is 4.99 Å². The van der Waals surface area contributed by atoms with Gasteiger partial charge in [-0.05, 0) is 34.8 Å². The maximum Gasteiger partial charge on any atom is 0.341 e. The summed E-state index contributed by atoms with van der Waals surface area (Å²) in [6, 6.07) is 0. The summed E-state index contributed by atoms with van der Waals surface area (Å²) in [4.78, 5) is 12.5. The highest BCUT2D eigenvalue weighted by molar-refractivity contribution is 6.96. The molecule has 0 aromatic carbocycles. The van der Waals surface area contributed by atoms with Gasteiger partial charge in [-0.25, -0.2) is 0 Å². The Morgan fingerprint density at radius 2 is 1.71 bits per heavy atom. The molecule has 0 atom stereocenters. The molecule has 7 heavy (non-hydrogen) atoms.